The molecule has 0 aliphatic carbocycles. The fourth-order valence-electron chi connectivity index (χ4n) is 3.00. The highest BCUT2D eigenvalue weighted by atomic mass is 16.5. The van der Waals surface area contributed by atoms with Crippen molar-refractivity contribution in [2.45, 2.75) is 19.8 Å². The summed E-state index contributed by atoms with van der Waals surface area (Å²) in [7, 11) is 4.20. The Morgan fingerprint density at radius 2 is 1.70 bits per heavy atom. The second-order valence-corrected chi connectivity index (χ2v) is 6.34. The summed E-state index contributed by atoms with van der Waals surface area (Å²) >= 11 is 0. The fraction of sp³-hybridized carbons (Fsp3) is 0.333. The SMILES string of the molecule is CCc1ccc2cc3ccccc3c(OCCCN(C)C)c2c1. The van der Waals surface area contributed by atoms with Crippen LogP contribution in [-0.2, 0) is 6.42 Å². The molecule has 2 heteroatoms. The average molecular weight is 307 g/mol. The van der Waals surface area contributed by atoms with Crippen LogP contribution in [0.5, 0.6) is 5.75 Å². The molecule has 0 spiro atoms. The maximum absolute atomic E-state index is 6.26. The highest BCUT2D eigenvalue weighted by Gasteiger charge is 2.09. The molecular weight excluding hydrogens is 282 g/mol. The topological polar surface area (TPSA) is 12.5 Å². The number of hydrogen-bond acceptors (Lipinski definition) is 2. The summed E-state index contributed by atoms with van der Waals surface area (Å²) in [6.45, 7) is 3.99. The molecule has 0 saturated heterocycles. The number of fused-ring (bicyclic) bond motifs is 2. The first-order valence-corrected chi connectivity index (χ1v) is 8.41. The zero-order chi connectivity index (χ0) is 16.2. The lowest BCUT2D eigenvalue weighted by molar-refractivity contribution is 0.286. The van der Waals surface area contributed by atoms with E-state index in [2.05, 4.69) is 74.4 Å². The van der Waals surface area contributed by atoms with Crippen molar-refractivity contribution in [3.63, 3.8) is 0 Å². The Labute approximate surface area is 138 Å². The summed E-state index contributed by atoms with van der Waals surface area (Å²) < 4.78 is 6.26. The quantitative estimate of drug-likeness (QED) is 0.475. The van der Waals surface area contributed by atoms with Crippen molar-refractivity contribution >= 4 is 21.5 Å². The third kappa shape index (κ3) is 3.48. The summed E-state index contributed by atoms with van der Waals surface area (Å²) in [6.07, 6.45) is 2.08. The van der Waals surface area contributed by atoms with E-state index in [0.29, 0.717) is 0 Å². The first-order valence-electron chi connectivity index (χ1n) is 8.41. The van der Waals surface area contributed by atoms with E-state index in [-0.39, 0.29) is 0 Å². The largest absolute Gasteiger partial charge is 0.492 e. The van der Waals surface area contributed by atoms with Crippen LogP contribution in [0.4, 0.5) is 0 Å². The van der Waals surface area contributed by atoms with Crippen molar-refractivity contribution in [3.8, 4) is 5.75 Å². The summed E-state index contributed by atoms with van der Waals surface area (Å²) in [5.74, 6) is 1.03. The van der Waals surface area contributed by atoms with E-state index >= 15 is 0 Å². The Balaban J connectivity index is 2.04. The normalized spacial score (nSPS) is 11.5. The molecule has 0 aliphatic heterocycles. The molecule has 23 heavy (non-hydrogen) atoms. The molecule has 0 radical (unpaired) electrons. The van der Waals surface area contributed by atoms with E-state index in [1.54, 1.807) is 0 Å². The number of aryl methyl sites for hydroxylation is 1. The van der Waals surface area contributed by atoms with Gasteiger partial charge >= 0.3 is 0 Å². The number of ether oxygens (including phenoxy) is 1. The summed E-state index contributed by atoms with van der Waals surface area (Å²) in [6, 6.07) is 17.5. The Kier molecular flexibility index (Phi) is 4.82. The van der Waals surface area contributed by atoms with Crippen molar-refractivity contribution in [2.75, 3.05) is 27.2 Å². The first kappa shape index (κ1) is 15.8. The molecule has 0 unspecified atom stereocenters. The summed E-state index contributed by atoms with van der Waals surface area (Å²) in [5.41, 5.74) is 1.35. The van der Waals surface area contributed by atoms with Crippen LogP contribution >= 0.6 is 0 Å². The predicted molar refractivity (Wildman–Crippen MR) is 99.5 cm³/mol. The molecular formula is C21H25NO. The van der Waals surface area contributed by atoms with Crippen LogP contribution in [0.25, 0.3) is 21.5 Å². The molecule has 0 N–H and O–H groups in total. The smallest absolute Gasteiger partial charge is 0.134 e. The monoisotopic (exact) mass is 307 g/mol. The molecule has 0 aromatic heterocycles. The molecule has 0 saturated carbocycles. The molecule has 3 rings (SSSR count). The van der Waals surface area contributed by atoms with Crippen LogP contribution in [0.15, 0.2) is 48.5 Å². The van der Waals surface area contributed by atoms with Crippen LogP contribution < -0.4 is 4.74 Å². The van der Waals surface area contributed by atoms with Crippen molar-refractivity contribution in [1.82, 2.24) is 4.90 Å². The van der Waals surface area contributed by atoms with Crippen molar-refractivity contribution < 1.29 is 4.74 Å². The van der Waals surface area contributed by atoms with Crippen molar-refractivity contribution in [1.29, 1.82) is 0 Å². The minimum absolute atomic E-state index is 0.748. The second kappa shape index (κ2) is 7.01. The lowest BCUT2D eigenvalue weighted by Gasteiger charge is -2.15. The molecule has 0 atom stereocenters. The van der Waals surface area contributed by atoms with E-state index in [4.69, 9.17) is 4.74 Å². The Morgan fingerprint density at radius 3 is 2.48 bits per heavy atom. The van der Waals surface area contributed by atoms with E-state index in [1.165, 1.54) is 27.1 Å². The van der Waals surface area contributed by atoms with Gasteiger partial charge in [0.15, 0.2) is 0 Å². The minimum Gasteiger partial charge on any atom is -0.492 e. The van der Waals surface area contributed by atoms with Crippen LogP contribution in [0.3, 0.4) is 0 Å². The van der Waals surface area contributed by atoms with E-state index in [0.717, 1.165) is 31.7 Å². The van der Waals surface area contributed by atoms with Gasteiger partial charge in [-0.25, -0.2) is 0 Å². The number of nitrogens with zero attached hydrogens (tertiary/aromatic N) is 1. The molecule has 0 aliphatic rings. The maximum Gasteiger partial charge on any atom is 0.134 e. The highest BCUT2D eigenvalue weighted by molar-refractivity contribution is 6.05. The van der Waals surface area contributed by atoms with Gasteiger partial charge in [0.05, 0.1) is 6.61 Å². The number of rotatable bonds is 6. The molecule has 0 heterocycles. The molecule has 0 fully saturated rings. The zero-order valence-corrected chi connectivity index (χ0v) is 14.3. The first-order chi connectivity index (χ1) is 11.2. The van der Waals surface area contributed by atoms with Crippen LogP contribution in [0.2, 0.25) is 0 Å². The Bertz CT molecular complexity index is 807. The molecule has 0 amide bonds. The van der Waals surface area contributed by atoms with E-state index in [1.807, 2.05) is 0 Å². The Hall–Kier alpha value is -2.06. The summed E-state index contributed by atoms with van der Waals surface area (Å²) in [4.78, 5) is 2.19. The van der Waals surface area contributed by atoms with Gasteiger partial charge in [0.1, 0.15) is 5.75 Å². The molecule has 0 bridgehead atoms. The van der Waals surface area contributed by atoms with Gasteiger partial charge in [-0.1, -0.05) is 43.3 Å². The predicted octanol–water partition coefficient (Wildman–Crippen LogP) is 4.89. The lowest BCUT2D eigenvalue weighted by atomic mass is 9.99. The van der Waals surface area contributed by atoms with Gasteiger partial charge in [-0.15, -0.1) is 0 Å². The van der Waals surface area contributed by atoms with Gasteiger partial charge in [-0.3, -0.25) is 0 Å². The van der Waals surface area contributed by atoms with Crippen molar-refractivity contribution in [3.05, 3.63) is 54.1 Å². The van der Waals surface area contributed by atoms with E-state index in [9.17, 15) is 0 Å². The van der Waals surface area contributed by atoms with Gasteiger partial charge < -0.3 is 9.64 Å². The average Bonchev–Trinajstić information content (AvgIpc) is 2.57. The number of hydrogen-bond donors (Lipinski definition) is 0. The maximum atomic E-state index is 6.26. The third-order valence-electron chi connectivity index (χ3n) is 4.28. The standard InChI is InChI=1S/C21H25NO/c1-4-16-10-11-18-15-17-8-5-6-9-19(17)21(20(18)14-16)23-13-7-12-22(2)3/h5-6,8-11,14-15H,4,7,12-13H2,1-3H3. The van der Waals surface area contributed by atoms with Gasteiger partial charge in [0.25, 0.3) is 0 Å². The van der Waals surface area contributed by atoms with Crippen LogP contribution in [0.1, 0.15) is 18.9 Å². The van der Waals surface area contributed by atoms with Gasteiger partial charge in [0, 0.05) is 17.3 Å². The molecule has 120 valence electrons. The summed E-state index contributed by atoms with van der Waals surface area (Å²) in [5, 5.41) is 4.93. The Morgan fingerprint density at radius 1 is 0.913 bits per heavy atom. The molecule has 3 aromatic rings. The second-order valence-electron chi connectivity index (χ2n) is 6.34. The highest BCUT2D eigenvalue weighted by Crippen LogP contribution is 2.35. The zero-order valence-electron chi connectivity index (χ0n) is 14.3. The van der Waals surface area contributed by atoms with Crippen molar-refractivity contribution in [2.24, 2.45) is 0 Å². The van der Waals surface area contributed by atoms with Crippen LogP contribution in [0, 0.1) is 0 Å². The van der Waals surface area contributed by atoms with E-state index < -0.39 is 0 Å². The lowest BCUT2D eigenvalue weighted by Crippen LogP contribution is -2.15. The third-order valence-corrected chi connectivity index (χ3v) is 4.28. The molecule has 3 aromatic carbocycles. The number of benzene rings is 3. The van der Waals surface area contributed by atoms with Gasteiger partial charge in [0.2, 0.25) is 0 Å². The minimum atomic E-state index is 0.748. The van der Waals surface area contributed by atoms with Gasteiger partial charge in [-0.2, -0.15) is 0 Å². The molecule has 2 nitrogen and oxygen atoms in total. The van der Waals surface area contributed by atoms with Gasteiger partial charge in [-0.05, 0) is 55.4 Å². The van der Waals surface area contributed by atoms with Crippen LogP contribution in [-0.4, -0.2) is 32.1 Å². The fourth-order valence-corrected chi connectivity index (χ4v) is 3.00.